The number of halogens is 1. The highest BCUT2D eigenvalue weighted by molar-refractivity contribution is 9.10. The summed E-state index contributed by atoms with van der Waals surface area (Å²) in [6, 6.07) is 2.17. The maximum absolute atomic E-state index is 8.73. The van der Waals surface area contributed by atoms with E-state index in [4.69, 9.17) is 5.26 Å². The van der Waals surface area contributed by atoms with Crippen LogP contribution in [0.2, 0.25) is 0 Å². The fourth-order valence-electron chi connectivity index (χ4n) is 1.61. The van der Waals surface area contributed by atoms with Crippen LogP contribution in [-0.2, 0) is 0 Å². The van der Waals surface area contributed by atoms with E-state index in [1.54, 1.807) is 13.2 Å². The summed E-state index contributed by atoms with van der Waals surface area (Å²) in [6.07, 6.45) is 2.21. The Morgan fingerprint density at radius 2 is 2.28 bits per heavy atom. The molecule has 1 rings (SSSR count). The average Bonchev–Trinajstić information content (AvgIpc) is 2.35. The molecule has 98 valence electrons. The van der Waals surface area contributed by atoms with Gasteiger partial charge in [-0.3, -0.25) is 0 Å². The molecule has 0 aliphatic rings. The Morgan fingerprint density at radius 3 is 2.83 bits per heavy atom. The summed E-state index contributed by atoms with van der Waals surface area (Å²) in [5.74, 6) is 1.92. The quantitative estimate of drug-likeness (QED) is 0.875. The van der Waals surface area contributed by atoms with Gasteiger partial charge in [0.15, 0.2) is 0 Å². The SMILES string of the molecule is CNc1ncc(Br)c(N(CCC#N)CC(C)C)n1. The highest BCUT2D eigenvalue weighted by atomic mass is 79.9. The van der Waals surface area contributed by atoms with E-state index in [0.29, 0.717) is 24.8 Å². The molecule has 0 bridgehead atoms. The van der Waals surface area contributed by atoms with Gasteiger partial charge in [-0.25, -0.2) is 4.98 Å². The lowest BCUT2D eigenvalue weighted by Crippen LogP contribution is -2.30. The van der Waals surface area contributed by atoms with Crippen LogP contribution < -0.4 is 10.2 Å². The largest absolute Gasteiger partial charge is 0.357 e. The molecule has 5 nitrogen and oxygen atoms in total. The standard InChI is InChI=1S/C12H18BrN5/c1-9(2)8-18(6-4-5-14)11-10(13)7-16-12(15-3)17-11/h7,9H,4,6,8H2,1-3H3,(H,15,16,17). The van der Waals surface area contributed by atoms with Crippen molar-refractivity contribution in [2.45, 2.75) is 20.3 Å². The molecule has 0 fully saturated rings. The minimum atomic E-state index is 0.484. The van der Waals surface area contributed by atoms with Gasteiger partial charge in [-0.15, -0.1) is 0 Å². The second-order valence-electron chi connectivity index (χ2n) is 4.36. The Labute approximate surface area is 116 Å². The van der Waals surface area contributed by atoms with Gasteiger partial charge in [-0.2, -0.15) is 10.2 Å². The third kappa shape index (κ3) is 4.15. The summed E-state index contributed by atoms with van der Waals surface area (Å²) in [4.78, 5) is 10.7. The lowest BCUT2D eigenvalue weighted by atomic mass is 10.2. The Kier molecular flexibility index (Phi) is 5.86. The van der Waals surface area contributed by atoms with Crippen LogP contribution in [0, 0.1) is 17.2 Å². The van der Waals surface area contributed by atoms with Crippen LogP contribution in [-0.4, -0.2) is 30.1 Å². The summed E-state index contributed by atoms with van der Waals surface area (Å²) in [7, 11) is 1.79. The number of nitriles is 1. The van der Waals surface area contributed by atoms with Gasteiger partial charge in [0, 0.05) is 26.3 Å². The Bertz CT molecular complexity index is 427. The molecule has 0 saturated heterocycles. The molecule has 0 aromatic carbocycles. The van der Waals surface area contributed by atoms with Gasteiger partial charge in [0.2, 0.25) is 5.95 Å². The molecule has 0 unspecified atom stereocenters. The first-order valence-corrected chi connectivity index (χ1v) is 6.70. The lowest BCUT2D eigenvalue weighted by molar-refractivity contribution is 0.606. The van der Waals surface area contributed by atoms with Crippen molar-refractivity contribution < 1.29 is 0 Å². The van der Waals surface area contributed by atoms with E-state index >= 15 is 0 Å². The molecular weight excluding hydrogens is 294 g/mol. The molecule has 0 spiro atoms. The average molecular weight is 312 g/mol. The van der Waals surface area contributed by atoms with Crippen molar-refractivity contribution in [3.63, 3.8) is 0 Å². The number of hydrogen-bond acceptors (Lipinski definition) is 5. The van der Waals surface area contributed by atoms with Crippen LogP contribution in [0.15, 0.2) is 10.7 Å². The Morgan fingerprint density at radius 1 is 1.56 bits per heavy atom. The van der Waals surface area contributed by atoms with Gasteiger partial charge in [0.05, 0.1) is 17.0 Å². The molecule has 1 heterocycles. The molecule has 0 saturated carbocycles. The fourth-order valence-corrected chi connectivity index (χ4v) is 2.05. The van der Waals surface area contributed by atoms with E-state index in [0.717, 1.165) is 16.8 Å². The minimum Gasteiger partial charge on any atom is -0.357 e. The zero-order valence-electron chi connectivity index (χ0n) is 10.9. The fraction of sp³-hybridized carbons (Fsp3) is 0.583. The van der Waals surface area contributed by atoms with Crippen LogP contribution in [0.1, 0.15) is 20.3 Å². The number of anilines is 2. The normalized spacial score (nSPS) is 10.2. The van der Waals surface area contributed by atoms with Crippen molar-refractivity contribution in [3.05, 3.63) is 10.7 Å². The number of rotatable bonds is 6. The van der Waals surface area contributed by atoms with Crippen molar-refractivity contribution in [1.82, 2.24) is 9.97 Å². The van der Waals surface area contributed by atoms with Gasteiger partial charge in [0.25, 0.3) is 0 Å². The number of aromatic nitrogens is 2. The summed E-state index contributed by atoms with van der Waals surface area (Å²) in [5, 5.41) is 11.7. The number of nitrogens with zero attached hydrogens (tertiary/aromatic N) is 4. The van der Waals surface area contributed by atoms with Crippen molar-refractivity contribution in [2.75, 3.05) is 30.4 Å². The van der Waals surface area contributed by atoms with Crippen molar-refractivity contribution in [1.29, 1.82) is 5.26 Å². The van der Waals surface area contributed by atoms with Gasteiger partial charge in [-0.1, -0.05) is 13.8 Å². The summed E-state index contributed by atoms with van der Waals surface area (Å²) >= 11 is 3.46. The number of nitrogens with one attached hydrogen (secondary N) is 1. The second-order valence-corrected chi connectivity index (χ2v) is 5.22. The van der Waals surface area contributed by atoms with E-state index < -0.39 is 0 Å². The molecule has 6 heteroatoms. The predicted molar refractivity (Wildman–Crippen MR) is 76.6 cm³/mol. The lowest BCUT2D eigenvalue weighted by Gasteiger charge is -2.25. The Hall–Kier alpha value is -1.35. The molecule has 1 aromatic heterocycles. The van der Waals surface area contributed by atoms with Crippen LogP contribution in [0.3, 0.4) is 0 Å². The first kappa shape index (κ1) is 14.7. The topological polar surface area (TPSA) is 64.8 Å². The predicted octanol–water partition coefficient (Wildman–Crippen LogP) is 2.66. The van der Waals surface area contributed by atoms with E-state index in [-0.39, 0.29) is 0 Å². The maximum Gasteiger partial charge on any atom is 0.224 e. The summed E-state index contributed by atoms with van der Waals surface area (Å²) in [6.45, 7) is 5.83. The van der Waals surface area contributed by atoms with Gasteiger partial charge >= 0.3 is 0 Å². The third-order valence-corrected chi connectivity index (χ3v) is 2.89. The van der Waals surface area contributed by atoms with Crippen LogP contribution in [0.5, 0.6) is 0 Å². The molecule has 0 aliphatic heterocycles. The Balaban J connectivity index is 2.99. The van der Waals surface area contributed by atoms with Gasteiger partial charge in [0.1, 0.15) is 5.82 Å². The molecule has 0 radical (unpaired) electrons. The molecular formula is C12H18BrN5. The zero-order chi connectivity index (χ0) is 13.5. The molecule has 0 atom stereocenters. The highest BCUT2D eigenvalue weighted by Gasteiger charge is 2.14. The monoisotopic (exact) mass is 311 g/mol. The molecule has 0 aliphatic carbocycles. The van der Waals surface area contributed by atoms with Crippen molar-refractivity contribution >= 4 is 27.7 Å². The molecule has 1 aromatic rings. The van der Waals surface area contributed by atoms with Crippen molar-refractivity contribution in [2.24, 2.45) is 5.92 Å². The first-order chi connectivity index (χ1) is 8.58. The van der Waals surface area contributed by atoms with Gasteiger partial charge < -0.3 is 10.2 Å². The van der Waals surface area contributed by atoms with E-state index in [2.05, 4.69) is 56.0 Å². The summed E-state index contributed by atoms with van der Waals surface area (Å²) in [5.41, 5.74) is 0. The van der Waals surface area contributed by atoms with Crippen LogP contribution in [0.4, 0.5) is 11.8 Å². The van der Waals surface area contributed by atoms with E-state index in [1.165, 1.54) is 0 Å². The molecule has 0 amide bonds. The second kappa shape index (κ2) is 7.17. The van der Waals surface area contributed by atoms with Crippen LogP contribution in [0.25, 0.3) is 0 Å². The van der Waals surface area contributed by atoms with Crippen molar-refractivity contribution in [3.8, 4) is 6.07 Å². The number of hydrogen-bond donors (Lipinski definition) is 1. The van der Waals surface area contributed by atoms with E-state index in [1.807, 2.05) is 0 Å². The highest BCUT2D eigenvalue weighted by Crippen LogP contribution is 2.25. The third-order valence-electron chi connectivity index (χ3n) is 2.33. The van der Waals surface area contributed by atoms with Crippen LogP contribution >= 0.6 is 15.9 Å². The van der Waals surface area contributed by atoms with Gasteiger partial charge in [-0.05, 0) is 21.8 Å². The maximum atomic E-state index is 8.73. The molecule has 1 N–H and O–H groups in total. The smallest absolute Gasteiger partial charge is 0.224 e. The first-order valence-electron chi connectivity index (χ1n) is 5.90. The minimum absolute atomic E-state index is 0.484. The zero-order valence-corrected chi connectivity index (χ0v) is 12.5. The van der Waals surface area contributed by atoms with E-state index in [9.17, 15) is 0 Å². The molecule has 18 heavy (non-hydrogen) atoms. The summed E-state index contributed by atoms with van der Waals surface area (Å²) < 4.78 is 0.847.